The summed E-state index contributed by atoms with van der Waals surface area (Å²) in [5.41, 5.74) is 14.8. The van der Waals surface area contributed by atoms with Gasteiger partial charge in [0.2, 0.25) is 0 Å². The van der Waals surface area contributed by atoms with Gasteiger partial charge in [0.25, 0.3) is 0 Å². The lowest BCUT2D eigenvalue weighted by Gasteiger charge is -2.35. The molecule has 0 fully saturated rings. The van der Waals surface area contributed by atoms with Gasteiger partial charge in [-0.25, -0.2) is 4.98 Å². The molecule has 0 bridgehead atoms. The van der Waals surface area contributed by atoms with Gasteiger partial charge in [0.15, 0.2) is 0 Å². The van der Waals surface area contributed by atoms with Gasteiger partial charge in [-0.1, -0.05) is 182 Å². The molecule has 2 nitrogen and oxygen atoms in total. The number of hydrogen-bond donors (Lipinski definition) is 0. The van der Waals surface area contributed by atoms with Gasteiger partial charge in [-0.05, 0) is 103 Å². The minimum Gasteiger partial charge on any atom is -0.308 e. The second-order valence-corrected chi connectivity index (χ2v) is 16.9. The molecule has 0 spiro atoms. The fraction of sp³-hybridized carbons (Fsp3) is 0.0172. The molecule has 3 heteroatoms. The SMILES string of the molecule is c1ccc(-c2ccc(N(c3cnc4sc5cc6ccccc6cc5c4c3)c3cc4c(cc3-c3ccccc3)C(c3ccccc3)(c3ccccc3)c3ccccc3-4)cc2)cc1. The number of hydrogen-bond acceptors (Lipinski definition) is 3. The summed E-state index contributed by atoms with van der Waals surface area (Å²) in [4.78, 5) is 8.71. The summed E-state index contributed by atoms with van der Waals surface area (Å²) in [6, 6.07) is 82.3. The Morgan fingerprint density at radius 2 is 0.967 bits per heavy atom. The van der Waals surface area contributed by atoms with E-state index in [0.29, 0.717) is 0 Å². The van der Waals surface area contributed by atoms with Gasteiger partial charge in [-0.15, -0.1) is 11.3 Å². The molecular formula is C58H38N2S. The maximum atomic E-state index is 5.24. The van der Waals surface area contributed by atoms with Crippen LogP contribution in [0.4, 0.5) is 17.1 Å². The summed E-state index contributed by atoms with van der Waals surface area (Å²) in [7, 11) is 0. The van der Waals surface area contributed by atoms with Crippen LogP contribution in [0.15, 0.2) is 231 Å². The predicted octanol–water partition coefficient (Wildman–Crippen LogP) is 15.8. The van der Waals surface area contributed by atoms with Crippen molar-refractivity contribution >= 4 is 59.5 Å². The van der Waals surface area contributed by atoms with Crippen molar-refractivity contribution in [1.29, 1.82) is 0 Å². The lowest BCUT2D eigenvalue weighted by atomic mass is 9.67. The van der Waals surface area contributed by atoms with Crippen molar-refractivity contribution in [2.75, 3.05) is 4.90 Å². The molecule has 12 rings (SSSR count). The third-order valence-electron chi connectivity index (χ3n) is 12.6. The Hall–Kier alpha value is -7.59. The highest BCUT2D eigenvalue weighted by Gasteiger charge is 2.46. The zero-order valence-corrected chi connectivity index (χ0v) is 34.1. The van der Waals surface area contributed by atoms with Crippen molar-refractivity contribution in [3.05, 3.63) is 253 Å². The van der Waals surface area contributed by atoms with Crippen LogP contribution in [0, 0.1) is 0 Å². The normalized spacial score (nSPS) is 12.7. The van der Waals surface area contributed by atoms with E-state index in [-0.39, 0.29) is 0 Å². The Morgan fingerprint density at radius 1 is 0.393 bits per heavy atom. The molecule has 2 aromatic heterocycles. The van der Waals surface area contributed by atoms with E-state index in [9.17, 15) is 0 Å². The van der Waals surface area contributed by atoms with Crippen molar-refractivity contribution in [2.45, 2.75) is 5.41 Å². The summed E-state index contributed by atoms with van der Waals surface area (Å²) in [6.07, 6.45) is 2.07. The highest BCUT2D eigenvalue weighted by atomic mass is 32.1. The Morgan fingerprint density at radius 3 is 1.66 bits per heavy atom. The molecule has 1 aliphatic rings. The first-order chi connectivity index (χ1) is 30.2. The van der Waals surface area contributed by atoms with Gasteiger partial charge >= 0.3 is 0 Å². The molecule has 2 heterocycles. The number of fused-ring (bicyclic) bond motifs is 7. The van der Waals surface area contributed by atoms with Crippen molar-refractivity contribution in [2.24, 2.45) is 0 Å². The molecule has 0 amide bonds. The maximum absolute atomic E-state index is 5.24. The van der Waals surface area contributed by atoms with Gasteiger partial charge in [0, 0.05) is 26.7 Å². The Balaban J connectivity index is 1.16. The van der Waals surface area contributed by atoms with E-state index in [2.05, 4.69) is 236 Å². The van der Waals surface area contributed by atoms with Crippen molar-refractivity contribution in [3.8, 4) is 33.4 Å². The van der Waals surface area contributed by atoms with Crippen molar-refractivity contribution in [1.82, 2.24) is 4.98 Å². The quantitative estimate of drug-likeness (QED) is 0.160. The first kappa shape index (κ1) is 35.4. The van der Waals surface area contributed by atoms with Crippen LogP contribution >= 0.6 is 11.3 Å². The molecule has 9 aromatic carbocycles. The summed E-state index contributed by atoms with van der Waals surface area (Å²) in [6.45, 7) is 0. The Kier molecular flexibility index (Phi) is 8.29. The van der Waals surface area contributed by atoms with E-state index >= 15 is 0 Å². The third-order valence-corrected chi connectivity index (χ3v) is 13.6. The average molecular weight is 795 g/mol. The van der Waals surface area contributed by atoms with E-state index in [4.69, 9.17) is 4.98 Å². The standard InChI is InChI=1S/C58H38N2S/c1-5-17-39(18-6-1)40-29-31-46(32-30-40)60(47-35-52-51-33-42-21-13-14-22-43(42)34-56(51)61-57(52)59-38-47)55-37-50-48-27-15-16-28-53(48)58(44-23-9-3-10-24-44,45-25-11-4-12-26-45)54(50)36-49(55)41-19-7-2-8-20-41/h1-38H. The first-order valence-electron chi connectivity index (χ1n) is 20.9. The molecule has 0 radical (unpaired) electrons. The number of thiophene rings is 1. The second kappa shape index (κ2) is 14.3. The zero-order chi connectivity index (χ0) is 40.3. The minimum absolute atomic E-state index is 0.530. The minimum atomic E-state index is -0.530. The summed E-state index contributed by atoms with van der Waals surface area (Å²) in [5.74, 6) is 0. The van der Waals surface area contributed by atoms with Crippen LogP contribution in [0.25, 0.3) is 64.5 Å². The van der Waals surface area contributed by atoms with Crippen LogP contribution in [0.2, 0.25) is 0 Å². The molecule has 1 aliphatic carbocycles. The number of nitrogens with zero attached hydrogens (tertiary/aromatic N) is 2. The predicted molar refractivity (Wildman–Crippen MR) is 257 cm³/mol. The van der Waals surface area contributed by atoms with Crippen LogP contribution in [-0.2, 0) is 5.41 Å². The number of anilines is 3. The van der Waals surface area contributed by atoms with E-state index in [1.54, 1.807) is 11.3 Å². The summed E-state index contributed by atoms with van der Waals surface area (Å²) in [5, 5.41) is 4.87. The number of benzene rings is 9. The van der Waals surface area contributed by atoms with Crippen molar-refractivity contribution < 1.29 is 0 Å². The summed E-state index contributed by atoms with van der Waals surface area (Å²) >= 11 is 1.76. The zero-order valence-electron chi connectivity index (χ0n) is 33.2. The Labute approximate surface area is 359 Å². The number of aromatic nitrogens is 1. The van der Waals surface area contributed by atoms with Crippen LogP contribution in [0.3, 0.4) is 0 Å². The van der Waals surface area contributed by atoms with Gasteiger partial charge in [0.05, 0.1) is 23.0 Å². The number of rotatable bonds is 7. The smallest absolute Gasteiger partial charge is 0.124 e. The largest absolute Gasteiger partial charge is 0.308 e. The van der Waals surface area contributed by atoms with Crippen LogP contribution in [0.1, 0.15) is 22.3 Å². The number of pyridine rings is 1. The lowest BCUT2D eigenvalue weighted by Crippen LogP contribution is -2.28. The highest BCUT2D eigenvalue weighted by molar-refractivity contribution is 7.25. The van der Waals surface area contributed by atoms with Crippen LogP contribution < -0.4 is 4.90 Å². The van der Waals surface area contributed by atoms with Gasteiger partial charge < -0.3 is 4.90 Å². The second-order valence-electron chi connectivity index (χ2n) is 15.9. The van der Waals surface area contributed by atoms with Gasteiger partial charge in [0.1, 0.15) is 4.83 Å². The molecule has 61 heavy (non-hydrogen) atoms. The van der Waals surface area contributed by atoms with E-state index in [1.165, 1.54) is 65.4 Å². The molecule has 0 saturated carbocycles. The third kappa shape index (κ3) is 5.66. The molecular weight excluding hydrogens is 757 g/mol. The van der Waals surface area contributed by atoms with E-state index < -0.39 is 5.41 Å². The molecule has 286 valence electrons. The molecule has 0 aliphatic heterocycles. The van der Waals surface area contributed by atoms with Crippen LogP contribution in [0.5, 0.6) is 0 Å². The fourth-order valence-electron chi connectivity index (χ4n) is 9.83. The summed E-state index contributed by atoms with van der Waals surface area (Å²) < 4.78 is 1.24. The van der Waals surface area contributed by atoms with Crippen LogP contribution in [-0.4, -0.2) is 4.98 Å². The fourth-order valence-corrected chi connectivity index (χ4v) is 10.9. The maximum Gasteiger partial charge on any atom is 0.124 e. The lowest BCUT2D eigenvalue weighted by molar-refractivity contribution is 0.769. The monoisotopic (exact) mass is 794 g/mol. The van der Waals surface area contributed by atoms with E-state index in [0.717, 1.165) is 38.4 Å². The molecule has 0 atom stereocenters. The average Bonchev–Trinajstić information content (AvgIpc) is 3.84. The first-order valence-corrected chi connectivity index (χ1v) is 21.7. The Bertz CT molecular complexity index is 3350. The van der Waals surface area contributed by atoms with E-state index in [1.807, 2.05) is 0 Å². The molecule has 0 unspecified atom stereocenters. The van der Waals surface area contributed by atoms with Crippen molar-refractivity contribution in [3.63, 3.8) is 0 Å². The van der Waals surface area contributed by atoms with Gasteiger partial charge in [-0.3, -0.25) is 0 Å². The molecule has 0 saturated heterocycles. The molecule has 0 N–H and O–H groups in total. The molecule has 11 aromatic rings. The highest BCUT2D eigenvalue weighted by Crippen LogP contribution is 2.59. The topological polar surface area (TPSA) is 16.1 Å². The van der Waals surface area contributed by atoms with Gasteiger partial charge in [-0.2, -0.15) is 0 Å².